The smallest absolute Gasteiger partial charge is 0.255 e. The first kappa shape index (κ1) is 21.8. The van der Waals surface area contributed by atoms with Gasteiger partial charge in [-0.25, -0.2) is 4.98 Å². The molecule has 5 nitrogen and oxygen atoms in total. The molecule has 0 aliphatic carbocycles. The Morgan fingerprint density at radius 3 is 2.62 bits per heavy atom. The van der Waals surface area contributed by atoms with Crippen LogP contribution in [0.4, 0.5) is 0 Å². The number of carbonyl (C=O) groups excluding carboxylic acids is 2. The van der Waals surface area contributed by atoms with E-state index in [0.29, 0.717) is 23.7 Å². The summed E-state index contributed by atoms with van der Waals surface area (Å²) >= 11 is 3.24. The first-order chi connectivity index (χ1) is 13.8. The Bertz CT molecular complexity index is 856. The molecule has 0 bridgehead atoms. The lowest BCUT2D eigenvalue weighted by Crippen LogP contribution is -2.47. The predicted molar refractivity (Wildman–Crippen MR) is 120 cm³/mol. The molecular formula is C22H29N3O2S2. The number of thiazole rings is 1. The average Bonchev–Trinajstić information content (AvgIpc) is 3.35. The highest BCUT2D eigenvalue weighted by molar-refractivity contribution is 7.99. The second-order valence-electron chi connectivity index (χ2n) is 8.32. The molecule has 1 aliphatic rings. The van der Waals surface area contributed by atoms with Crippen molar-refractivity contribution in [1.82, 2.24) is 15.2 Å². The van der Waals surface area contributed by atoms with Crippen molar-refractivity contribution < 1.29 is 9.59 Å². The number of aryl methyl sites for hydroxylation is 1. The van der Waals surface area contributed by atoms with Crippen LogP contribution >= 0.6 is 23.1 Å². The number of benzene rings is 1. The minimum absolute atomic E-state index is 0.0418. The molecular weight excluding hydrogens is 402 g/mol. The topological polar surface area (TPSA) is 62.3 Å². The van der Waals surface area contributed by atoms with Crippen LogP contribution in [0.25, 0.3) is 0 Å². The number of carbonyl (C=O) groups is 2. The van der Waals surface area contributed by atoms with E-state index in [1.807, 2.05) is 29.6 Å². The van der Waals surface area contributed by atoms with Gasteiger partial charge in [0.05, 0.1) is 23.1 Å². The molecule has 2 heterocycles. The van der Waals surface area contributed by atoms with E-state index in [9.17, 15) is 9.59 Å². The first-order valence-corrected chi connectivity index (χ1v) is 12.0. The summed E-state index contributed by atoms with van der Waals surface area (Å²) in [7, 11) is 0. The molecule has 0 unspecified atom stereocenters. The van der Waals surface area contributed by atoms with Crippen LogP contribution in [0.3, 0.4) is 0 Å². The Kier molecular flexibility index (Phi) is 7.01. The van der Waals surface area contributed by atoms with Crippen molar-refractivity contribution in [2.45, 2.75) is 58.5 Å². The Morgan fingerprint density at radius 2 is 1.97 bits per heavy atom. The summed E-state index contributed by atoms with van der Waals surface area (Å²) in [6, 6.07) is 7.30. The predicted octanol–water partition coefficient (Wildman–Crippen LogP) is 4.22. The normalized spacial score (nSPS) is 16.8. The number of nitrogens with one attached hydrogen (secondary N) is 1. The van der Waals surface area contributed by atoms with Crippen LogP contribution in [-0.2, 0) is 23.2 Å². The van der Waals surface area contributed by atoms with Gasteiger partial charge in [-0.15, -0.1) is 23.1 Å². The van der Waals surface area contributed by atoms with Crippen molar-refractivity contribution in [3.63, 3.8) is 0 Å². The summed E-state index contributed by atoms with van der Waals surface area (Å²) in [6.45, 7) is 8.98. The molecule has 2 aromatic rings. The SMILES string of the molecule is CCCc1nc(CNC(=O)[C@H]2CSCN2C(=O)c2ccc(C(C)(C)C)cc2)cs1. The molecule has 1 fully saturated rings. The van der Waals surface area contributed by atoms with Crippen LogP contribution < -0.4 is 5.32 Å². The lowest BCUT2D eigenvalue weighted by Gasteiger charge is -2.24. The first-order valence-electron chi connectivity index (χ1n) is 10.00. The van der Waals surface area contributed by atoms with Gasteiger partial charge in [0.25, 0.3) is 5.91 Å². The van der Waals surface area contributed by atoms with Gasteiger partial charge in [-0.3, -0.25) is 9.59 Å². The van der Waals surface area contributed by atoms with Gasteiger partial charge in [0.15, 0.2) is 0 Å². The van der Waals surface area contributed by atoms with E-state index in [-0.39, 0.29) is 17.2 Å². The maximum atomic E-state index is 13.0. The van der Waals surface area contributed by atoms with Gasteiger partial charge in [0.2, 0.25) is 5.91 Å². The molecule has 2 amide bonds. The number of thioether (sulfide) groups is 1. The van der Waals surface area contributed by atoms with E-state index in [0.717, 1.165) is 23.5 Å². The van der Waals surface area contributed by atoms with Crippen LogP contribution in [0, 0.1) is 0 Å². The number of hydrogen-bond donors (Lipinski definition) is 1. The van der Waals surface area contributed by atoms with Gasteiger partial charge < -0.3 is 10.2 Å². The van der Waals surface area contributed by atoms with Crippen LogP contribution in [0.5, 0.6) is 0 Å². The van der Waals surface area contributed by atoms with E-state index < -0.39 is 6.04 Å². The van der Waals surface area contributed by atoms with E-state index in [2.05, 4.69) is 38.0 Å². The quantitative estimate of drug-likeness (QED) is 0.744. The molecule has 7 heteroatoms. The van der Waals surface area contributed by atoms with Gasteiger partial charge in [0.1, 0.15) is 6.04 Å². The molecule has 1 aliphatic heterocycles. The van der Waals surface area contributed by atoms with Crippen molar-refractivity contribution >= 4 is 34.9 Å². The van der Waals surface area contributed by atoms with Gasteiger partial charge in [-0.05, 0) is 36.0 Å². The van der Waals surface area contributed by atoms with Crippen LogP contribution in [0.2, 0.25) is 0 Å². The summed E-state index contributed by atoms with van der Waals surface area (Å²) in [4.78, 5) is 32.0. The number of nitrogens with zero attached hydrogens (tertiary/aromatic N) is 2. The zero-order valence-corrected chi connectivity index (χ0v) is 19.2. The second-order valence-corrected chi connectivity index (χ2v) is 10.3. The molecule has 1 N–H and O–H groups in total. The largest absolute Gasteiger partial charge is 0.349 e. The van der Waals surface area contributed by atoms with Crippen molar-refractivity contribution in [3.05, 3.63) is 51.5 Å². The highest BCUT2D eigenvalue weighted by Gasteiger charge is 2.35. The number of aromatic nitrogens is 1. The number of hydrogen-bond acceptors (Lipinski definition) is 5. The summed E-state index contributed by atoms with van der Waals surface area (Å²) in [5, 5.41) is 6.05. The molecule has 0 saturated carbocycles. The van der Waals surface area contributed by atoms with Crippen molar-refractivity contribution in [2.24, 2.45) is 0 Å². The van der Waals surface area contributed by atoms with Gasteiger partial charge in [0, 0.05) is 16.7 Å². The van der Waals surface area contributed by atoms with E-state index in [1.54, 1.807) is 28.0 Å². The highest BCUT2D eigenvalue weighted by Crippen LogP contribution is 2.26. The fraction of sp³-hybridized carbons (Fsp3) is 0.500. The van der Waals surface area contributed by atoms with Crippen LogP contribution in [0.15, 0.2) is 29.6 Å². The van der Waals surface area contributed by atoms with Crippen molar-refractivity contribution in [1.29, 1.82) is 0 Å². The standard InChI is InChI=1S/C22H29N3O2S2/c1-5-6-19-24-17(12-29-19)11-23-20(26)18-13-28-14-25(18)21(27)15-7-9-16(10-8-15)22(2,3)4/h7-10,12,18H,5-6,11,13-14H2,1-4H3,(H,23,26)/t18-/m1/s1. The molecule has 0 radical (unpaired) electrons. The van der Waals surface area contributed by atoms with Crippen molar-refractivity contribution in [2.75, 3.05) is 11.6 Å². The van der Waals surface area contributed by atoms with Gasteiger partial charge >= 0.3 is 0 Å². The zero-order chi connectivity index (χ0) is 21.0. The highest BCUT2D eigenvalue weighted by atomic mass is 32.2. The van der Waals surface area contributed by atoms with Crippen LogP contribution in [0.1, 0.15) is 60.7 Å². The monoisotopic (exact) mass is 431 g/mol. The van der Waals surface area contributed by atoms with Gasteiger partial charge in [-0.1, -0.05) is 39.8 Å². The maximum Gasteiger partial charge on any atom is 0.255 e. The van der Waals surface area contributed by atoms with Crippen LogP contribution in [-0.4, -0.2) is 39.4 Å². The lowest BCUT2D eigenvalue weighted by atomic mass is 9.86. The lowest BCUT2D eigenvalue weighted by molar-refractivity contribution is -0.124. The summed E-state index contributed by atoms with van der Waals surface area (Å²) in [5.41, 5.74) is 2.74. The molecule has 29 heavy (non-hydrogen) atoms. The molecule has 1 saturated heterocycles. The van der Waals surface area contributed by atoms with E-state index >= 15 is 0 Å². The fourth-order valence-corrected chi connectivity index (χ4v) is 5.25. The summed E-state index contributed by atoms with van der Waals surface area (Å²) in [5.74, 6) is 0.958. The Labute approximate surface area is 181 Å². The van der Waals surface area contributed by atoms with E-state index in [4.69, 9.17) is 0 Å². The Balaban J connectivity index is 1.62. The Morgan fingerprint density at radius 1 is 1.24 bits per heavy atom. The zero-order valence-electron chi connectivity index (χ0n) is 17.5. The Hall–Kier alpha value is -1.86. The second kappa shape index (κ2) is 9.30. The molecule has 0 spiro atoms. The average molecular weight is 432 g/mol. The fourth-order valence-electron chi connectivity index (χ4n) is 3.19. The van der Waals surface area contributed by atoms with E-state index in [1.165, 1.54) is 5.56 Å². The number of amides is 2. The summed E-state index contributed by atoms with van der Waals surface area (Å²) < 4.78 is 0. The van der Waals surface area contributed by atoms with Crippen molar-refractivity contribution in [3.8, 4) is 0 Å². The third-order valence-corrected chi connectivity index (χ3v) is 6.92. The molecule has 3 rings (SSSR count). The minimum atomic E-state index is -0.441. The third kappa shape index (κ3) is 5.39. The molecule has 1 atom stereocenters. The molecule has 1 aromatic carbocycles. The molecule has 156 valence electrons. The minimum Gasteiger partial charge on any atom is -0.349 e. The summed E-state index contributed by atoms with van der Waals surface area (Å²) in [6.07, 6.45) is 2.03. The third-order valence-electron chi connectivity index (χ3n) is 4.95. The maximum absolute atomic E-state index is 13.0. The molecule has 1 aromatic heterocycles. The van der Waals surface area contributed by atoms with Gasteiger partial charge in [-0.2, -0.15) is 0 Å². The number of rotatable bonds is 6.